The van der Waals surface area contributed by atoms with E-state index in [2.05, 4.69) is 15.2 Å². The Hall–Kier alpha value is -2.21. The second-order valence-electron chi connectivity index (χ2n) is 4.28. The van der Waals surface area contributed by atoms with Gasteiger partial charge >= 0.3 is 0 Å². The Morgan fingerprint density at radius 3 is 2.85 bits per heavy atom. The highest BCUT2D eigenvalue weighted by Crippen LogP contribution is 2.14. The van der Waals surface area contributed by atoms with Crippen LogP contribution in [0.1, 0.15) is 18.7 Å². The van der Waals surface area contributed by atoms with E-state index in [0.29, 0.717) is 34.1 Å². The van der Waals surface area contributed by atoms with E-state index in [9.17, 15) is 4.79 Å². The lowest BCUT2D eigenvalue weighted by Gasteiger charge is -2.03. The molecule has 0 fully saturated rings. The molecule has 0 atom stereocenters. The molecular weight excluding hydrogens is 280 g/mol. The van der Waals surface area contributed by atoms with E-state index >= 15 is 0 Å². The Kier molecular flexibility index (Phi) is 3.23. The Balaban J connectivity index is 2.03. The van der Waals surface area contributed by atoms with Crippen LogP contribution in [0.3, 0.4) is 0 Å². The van der Waals surface area contributed by atoms with Crippen LogP contribution in [0.15, 0.2) is 33.7 Å². The van der Waals surface area contributed by atoms with Crippen LogP contribution in [0.5, 0.6) is 0 Å². The van der Waals surface area contributed by atoms with Gasteiger partial charge in [0.1, 0.15) is 6.54 Å². The molecule has 0 aliphatic heterocycles. The molecule has 0 radical (unpaired) electrons. The van der Waals surface area contributed by atoms with E-state index in [1.807, 2.05) is 6.92 Å². The zero-order chi connectivity index (χ0) is 14.1. The van der Waals surface area contributed by atoms with Gasteiger partial charge in [-0.3, -0.25) is 9.36 Å². The normalized spacial score (nSPS) is 11.1. The predicted octanol–water partition coefficient (Wildman–Crippen LogP) is 2.04. The van der Waals surface area contributed by atoms with Gasteiger partial charge in [0.25, 0.3) is 5.56 Å². The number of rotatable bonds is 3. The zero-order valence-corrected chi connectivity index (χ0v) is 11.5. The minimum absolute atomic E-state index is 0.186. The summed E-state index contributed by atoms with van der Waals surface area (Å²) in [6, 6.07) is 5.02. The summed E-state index contributed by atoms with van der Waals surface area (Å²) in [6.45, 7) is 2.12. The fourth-order valence-electron chi connectivity index (χ4n) is 1.88. The van der Waals surface area contributed by atoms with Crippen molar-refractivity contribution in [3.63, 3.8) is 0 Å². The van der Waals surface area contributed by atoms with Crippen molar-refractivity contribution < 1.29 is 4.42 Å². The van der Waals surface area contributed by atoms with Gasteiger partial charge < -0.3 is 4.42 Å². The van der Waals surface area contributed by atoms with Gasteiger partial charge in [0, 0.05) is 11.4 Å². The summed E-state index contributed by atoms with van der Waals surface area (Å²) in [7, 11) is 0. The van der Waals surface area contributed by atoms with Crippen LogP contribution in [0.25, 0.3) is 10.9 Å². The number of hydrogen-bond donors (Lipinski definition) is 0. The zero-order valence-electron chi connectivity index (χ0n) is 10.7. The number of nitrogens with zero attached hydrogens (tertiary/aromatic N) is 4. The summed E-state index contributed by atoms with van der Waals surface area (Å²) in [5.41, 5.74) is 0.421. The van der Waals surface area contributed by atoms with E-state index in [1.165, 1.54) is 10.9 Å². The number of aromatic nitrogens is 4. The molecule has 3 aromatic rings. The Morgan fingerprint density at radius 2 is 2.10 bits per heavy atom. The van der Waals surface area contributed by atoms with Gasteiger partial charge in [-0.1, -0.05) is 18.5 Å². The van der Waals surface area contributed by atoms with Crippen molar-refractivity contribution in [3.8, 4) is 0 Å². The molecule has 0 aliphatic rings. The Morgan fingerprint density at radius 1 is 1.30 bits per heavy atom. The van der Waals surface area contributed by atoms with E-state index in [1.54, 1.807) is 18.2 Å². The second kappa shape index (κ2) is 5.05. The van der Waals surface area contributed by atoms with Crippen LogP contribution in [0, 0.1) is 0 Å². The fraction of sp³-hybridized carbons (Fsp3) is 0.231. The molecule has 0 aliphatic carbocycles. The first kappa shape index (κ1) is 12.8. The highest BCUT2D eigenvalue weighted by molar-refractivity contribution is 6.31. The van der Waals surface area contributed by atoms with Crippen molar-refractivity contribution >= 4 is 22.5 Å². The maximum absolute atomic E-state index is 12.3. The average Bonchev–Trinajstić information content (AvgIpc) is 2.90. The number of hydrogen-bond acceptors (Lipinski definition) is 5. The van der Waals surface area contributed by atoms with Gasteiger partial charge in [0.05, 0.1) is 17.2 Å². The molecule has 0 saturated carbocycles. The van der Waals surface area contributed by atoms with E-state index in [-0.39, 0.29) is 12.1 Å². The molecule has 1 aromatic carbocycles. The molecule has 6 nitrogen and oxygen atoms in total. The first-order valence-corrected chi connectivity index (χ1v) is 6.51. The molecule has 7 heteroatoms. The van der Waals surface area contributed by atoms with Crippen molar-refractivity contribution in [1.82, 2.24) is 19.7 Å². The van der Waals surface area contributed by atoms with Crippen molar-refractivity contribution in [2.24, 2.45) is 0 Å². The third kappa shape index (κ3) is 2.30. The molecule has 0 saturated heterocycles. The lowest BCUT2D eigenvalue weighted by molar-refractivity contribution is 0.439. The molecule has 0 spiro atoms. The molecule has 0 bridgehead atoms. The molecule has 20 heavy (non-hydrogen) atoms. The monoisotopic (exact) mass is 290 g/mol. The maximum atomic E-state index is 12.3. The highest BCUT2D eigenvalue weighted by Gasteiger charge is 2.09. The molecule has 2 aromatic heterocycles. The Labute approximate surface area is 119 Å². The number of fused-ring (bicyclic) bond motifs is 1. The lowest BCUT2D eigenvalue weighted by Crippen LogP contribution is -2.21. The summed E-state index contributed by atoms with van der Waals surface area (Å²) >= 11 is 5.91. The van der Waals surface area contributed by atoms with Crippen LogP contribution in [-0.4, -0.2) is 19.7 Å². The summed E-state index contributed by atoms with van der Waals surface area (Å²) in [5.74, 6) is 0.928. The quantitative estimate of drug-likeness (QED) is 0.738. The minimum Gasteiger partial charge on any atom is -0.423 e. The smallest absolute Gasteiger partial charge is 0.261 e. The van der Waals surface area contributed by atoms with Crippen molar-refractivity contribution in [3.05, 3.63) is 51.7 Å². The van der Waals surface area contributed by atoms with Gasteiger partial charge in [-0.15, -0.1) is 10.2 Å². The first-order chi connectivity index (χ1) is 9.67. The van der Waals surface area contributed by atoms with Crippen molar-refractivity contribution in [1.29, 1.82) is 0 Å². The standard InChI is InChI=1S/C13H11ClN4O2/c1-2-11-16-17-12(20-11)6-18-7-15-10-4-3-8(14)5-9(10)13(18)19/h3-5,7H,2,6H2,1H3. The van der Waals surface area contributed by atoms with E-state index < -0.39 is 0 Å². The van der Waals surface area contributed by atoms with E-state index in [0.717, 1.165) is 0 Å². The molecular formula is C13H11ClN4O2. The van der Waals surface area contributed by atoms with Gasteiger partial charge in [-0.2, -0.15) is 0 Å². The number of aryl methyl sites for hydroxylation is 1. The van der Waals surface area contributed by atoms with Gasteiger partial charge in [-0.05, 0) is 18.2 Å². The van der Waals surface area contributed by atoms with Gasteiger partial charge in [0.15, 0.2) is 0 Å². The Bertz CT molecular complexity index is 825. The predicted molar refractivity (Wildman–Crippen MR) is 73.8 cm³/mol. The van der Waals surface area contributed by atoms with Crippen LogP contribution >= 0.6 is 11.6 Å². The molecule has 0 N–H and O–H groups in total. The number of halogens is 1. The van der Waals surface area contributed by atoms with Crippen molar-refractivity contribution in [2.45, 2.75) is 19.9 Å². The topological polar surface area (TPSA) is 73.8 Å². The van der Waals surface area contributed by atoms with E-state index in [4.69, 9.17) is 16.0 Å². The molecule has 0 unspecified atom stereocenters. The lowest BCUT2D eigenvalue weighted by atomic mass is 10.2. The molecule has 0 amide bonds. The van der Waals surface area contributed by atoms with Crippen LogP contribution in [0.4, 0.5) is 0 Å². The summed E-state index contributed by atoms with van der Waals surface area (Å²) in [4.78, 5) is 16.6. The molecule has 2 heterocycles. The third-order valence-electron chi connectivity index (χ3n) is 2.90. The molecule has 3 rings (SSSR count). The van der Waals surface area contributed by atoms with Crippen LogP contribution < -0.4 is 5.56 Å². The SMILES string of the molecule is CCc1nnc(Cn2cnc3ccc(Cl)cc3c2=O)o1. The van der Waals surface area contributed by atoms with Crippen molar-refractivity contribution in [2.75, 3.05) is 0 Å². The highest BCUT2D eigenvalue weighted by atomic mass is 35.5. The second-order valence-corrected chi connectivity index (χ2v) is 4.72. The van der Waals surface area contributed by atoms with Gasteiger partial charge in [-0.25, -0.2) is 4.98 Å². The summed E-state index contributed by atoms with van der Waals surface area (Å²) < 4.78 is 6.81. The van der Waals surface area contributed by atoms with Crippen LogP contribution in [0.2, 0.25) is 5.02 Å². The summed E-state index contributed by atoms with van der Waals surface area (Å²) in [5, 5.41) is 8.72. The maximum Gasteiger partial charge on any atom is 0.261 e. The van der Waals surface area contributed by atoms with Gasteiger partial charge in [0.2, 0.25) is 11.8 Å². The number of benzene rings is 1. The fourth-order valence-corrected chi connectivity index (χ4v) is 2.06. The molecule has 102 valence electrons. The van der Waals surface area contributed by atoms with Crippen LogP contribution in [-0.2, 0) is 13.0 Å². The largest absolute Gasteiger partial charge is 0.423 e. The minimum atomic E-state index is -0.186. The average molecular weight is 291 g/mol. The first-order valence-electron chi connectivity index (χ1n) is 6.13. The summed E-state index contributed by atoms with van der Waals surface area (Å²) in [6.07, 6.45) is 2.13. The third-order valence-corrected chi connectivity index (χ3v) is 3.14.